The number of rotatable bonds is 2. The minimum atomic E-state index is -0.256. The van der Waals surface area contributed by atoms with Gasteiger partial charge in [0.2, 0.25) is 0 Å². The maximum absolute atomic E-state index is 13.1. The minimum Gasteiger partial charge on any atom is -0.490 e. The zero-order valence-electron chi connectivity index (χ0n) is 9.38. The Balaban J connectivity index is 1.98. The van der Waals surface area contributed by atoms with E-state index in [2.05, 4.69) is 22.9 Å². The van der Waals surface area contributed by atoms with Gasteiger partial charge in [0, 0.05) is 10.5 Å². The van der Waals surface area contributed by atoms with E-state index in [1.807, 2.05) is 6.07 Å². The second kappa shape index (κ2) is 5.17. The summed E-state index contributed by atoms with van der Waals surface area (Å²) in [5.74, 6) is 1.18. The van der Waals surface area contributed by atoms with Gasteiger partial charge in [0.1, 0.15) is 11.6 Å². The summed E-state index contributed by atoms with van der Waals surface area (Å²) in [4.78, 5) is 0. The van der Waals surface area contributed by atoms with Gasteiger partial charge in [0.15, 0.2) is 0 Å². The smallest absolute Gasteiger partial charge is 0.128 e. The average molecular weight is 287 g/mol. The predicted molar refractivity (Wildman–Crippen MR) is 66.1 cm³/mol. The lowest BCUT2D eigenvalue weighted by Crippen LogP contribution is -2.23. The molecule has 0 N–H and O–H groups in total. The predicted octanol–water partition coefficient (Wildman–Crippen LogP) is 4.55. The highest BCUT2D eigenvalue weighted by molar-refractivity contribution is 9.10. The molecule has 0 amide bonds. The quantitative estimate of drug-likeness (QED) is 0.775. The van der Waals surface area contributed by atoms with E-state index < -0.39 is 0 Å². The fraction of sp³-hybridized carbons (Fsp3) is 0.538. The van der Waals surface area contributed by atoms with E-state index in [1.165, 1.54) is 25.0 Å². The van der Waals surface area contributed by atoms with Crippen LogP contribution >= 0.6 is 15.9 Å². The first kappa shape index (κ1) is 11.9. The molecule has 0 radical (unpaired) electrons. The van der Waals surface area contributed by atoms with Crippen LogP contribution in [0.15, 0.2) is 22.7 Å². The zero-order chi connectivity index (χ0) is 11.5. The van der Waals surface area contributed by atoms with Crippen LogP contribution in [0, 0.1) is 11.7 Å². The maximum atomic E-state index is 13.1. The SMILES string of the molecule is CC1CCC(Oc2cc(F)cc(Br)c2)CC1. The van der Waals surface area contributed by atoms with Crippen LogP contribution in [-0.4, -0.2) is 6.10 Å². The minimum absolute atomic E-state index is 0.255. The van der Waals surface area contributed by atoms with Crippen LogP contribution in [0.25, 0.3) is 0 Å². The van der Waals surface area contributed by atoms with Gasteiger partial charge in [-0.15, -0.1) is 0 Å². The second-order valence-electron chi connectivity index (χ2n) is 4.60. The number of hydrogen-bond donors (Lipinski definition) is 0. The largest absolute Gasteiger partial charge is 0.490 e. The Morgan fingerprint density at radius 1 is 1.19 bits per heavy atom. The van der Waals surface area contributed by atoms with Gasteiger partial charge in [-0.3, -0.25) is 0 Å². The van der Waals surface area contributed by atoms with E-state index >= 15 is 0 Å². The fourth-order valence-corrected chi connectivity index (χ4v) is 2.58. The van der Waals surface area contributed by atoms with Crippen molar-refractivity contribution in [2.24, 2.45) is 5.92 Å². The molecule has 88 valence electrons. The molecular formula is C13H16BrFO. The summed E-state index contributed by atoms with van der Waals surface area (Å²) in [7, 11) is 0. The van der Waals surface area contributed by atoms with Gasteiger partial charge in [-0.2, -0.15) is 0 Å². The summed E-state index contributed by atoms with van der Waals surface area (Å²) >= 11 is 3.27. The Morgan fingerprint density at radius 2 is 1.88 bits per heavy atom. The monoisotopic (exact) mass is 286 g/mol. The third kappa shape index (κ3) is 3.21. The molecule has 1 aromatic rings. The van der Waals surface area contributed by atoms with Crippen LogP contribution in [0.1, 0.15) is 32.6 Å². The van der Waals surface area contributed by atoms with Crippen molar-refractivity contribution in [2.75, 3.05) is 0 Å². The molecule has 0 aromatic heterocycles. The first-order valence-corrected chi connectivity index (χ1v) is 6.55. The zero-order valence-corrected chi connectivity index (χ0v) is 11.0. The molecule has 1 fully saturated rings. The highest BCUT2D eigenvalue weighted by Crippen LogP contribution is 2.28. The Labute approximate surface area is 104 Å². The highest BCUT2D eigenvalue weighted by atomic mass is 79.9. The summed E-state index contributed by atoms with van der Waals surface area (Å²) in [6, 6.07) is 4.71. The van der Waals surface area contributed by atoms with Crippen LogP contribution in [0.2, 0.25) is 0 Å². The van der Waals surface area contributed by atoms with Crippen molar-refractivity contribution in [3.8, 4) is 5.75 Å². The van der Waals surface area contributed by atoms with Crippen molar-refractivity contribution in [1.29, 1.82) is 0 Å². The molecular weight excluding hydrogens is 271 g/mol. The van der Waals surface area contributed by atoms with Crippen LogP contribution in [0.4, 0.5) is 4.39 Å². The first-order chi connectivity index (χ1) is 7.63. The molecule has 0 bridgehead atoms. The Hall–Kier alpha value is -0.570. The van der Waals surface area contributed by atoms with E-state index in [4.69, 9.17) is 4.74 Å². The van der Waals surface area contributed by atoms with Gasteiger partial charge >= 0.3 is 0 Å². The molecule has 0 aliphatic heterocycles. The van der Waals surface area contributed by atoms with Gasteiger partial charge in [-0.1, -0.05) is 22.9 Å². The number of benzene rings is 1. The van der Waals surface area contributed by atoms with Crippen LogP contribution in [-0.2, 0) is 0 Å². The van der Waals surface area contributed by atoms with E-state index in [-0.39, 0.29) is 11.9 Å². The lowest BCUT2D eigenvalue weighted by Gasteiger charge is -2.26. The van der Waals surface area contributed by atoms with Gasteiger partial charge in [-0.25, -0.2) is 4.39 Å². The van der Waals surface area contributed by atoms with Crippen LogP contribution in [0.5, 0.6) is 5.75 Å². The number of ether oxygens (including phenoxy) is 1. The average Bonchev–Trinajstić information content (AvgIpc) is 2.20. The molecule has 0 atom stereocenters. The third-order valence-corrected chi connectivity index (χ3v) is 3.56. The van der Waals surface area contributed by atoms with Crippen molar-refractivity contribution in [1.82, 2.24) is 0 Å². The van der Waals surface area contributed by atoms with Crippen molar-refractivity contribution in [2.45, 2.75) is 38.7 Å². The Kier molecular flexibility index (Phi) is 3.85. The molecule has 0 heterocycles. The summed E-state index contributed by atoms with van der Waals surface area (Å²) in [6.07, 6.45) is 4.83. The van der Waals surface area contributed by atoms with Gasteiger partial charge in [-0.05, 0) is 43.7 Å². The highest BCUT2D eigenvalue weighted by Gasteiger charge is 2.19. The van der Waals surface area contributed by atoms with Crippen molar-refractivity contribution < 1.29 is 9.13 Å². The third-order valence-electron chi connectivity index (χ3n) is 3.10. The van der Waals surface area contributed by atoms with E-state index in [1.54, 1.807) is 0 Å². The van der Waals surface area contributed by atoms with Crippen molar-refractivity contribution in [3.63, 3.8) is 0 Å². The lowest BCUT2D eigenvalue weighted by atomic mass is 9.89. The first-order valence-electron chi connectivity index (χ1n) is 5.76. The summed E-state index contributed by atoms with van der Waals surface area (Å²) < 4.78 is 19.7. The Bertz CT molecular complexity index is 339. The molecule has 2 rings (SSSR count). The van der Waals surface area contributed by atoms with Gasteiger partial charge in [0.25, 0.3) is 0 Å². The molecule has 0 saturated heterocycles. The van der Waals surface area contributed by atoms with Crippen molar-refractivity contribution in [3.05, 3.63) is 28.5 Å². The number of hydrogen-bond acceptors (Lipinski definition) is 1. The maximum Gasteiger partial charge on any atom is 0.128 e. The molecule has 16 heavy (non-hydrogen) atoms. The van der Waals surface area contributed by atoms with E-state index in [0.29, 0.717) is 5.75 Å². The summed E-state index contributed by atoms with van der Waals surface area (Å²) in [5.41, 5.74) is 0. The normalized spacial score (nSPS) is 25.4. The van der Waals surface area contributed by atoms with Crippen LogP contribution < -0.4 is 4.74 Å². The van der Waals surface area contributed by atoms with Crippen LogP contribution in [0.3, 0.4) is 0 Å². The van der Waals surface area contributed by atoms with Crippen molar-refractivity contribution >= 4 is 15.9 Å². The Morgan fingerprint density at radius 3 is 2.50 bits per heavy atom. The molecule has 1 nitrogen and oxygen atoms in total. The fourth-order valence-electron chi connectivity index (χ4n) is 2.14. The standard InChI is InChI=1S/C13H16BrFO/c1-9-2-4-12(5-3-9)16-13-7-10(14)6-11(15)8-13/h6-9,12H,2-5H2,1H3. The molecule has 1 aliphatic rings. The molecule has 0 spiro atoms. The lowest BCUT2D eigenvalue weighted by molar-refractivity contribution is 0.135. The summed E-state index contributed by atoms with van der Waals surface area (Å²) in [6.45, 7) is 2.27. The van der Waals surface area contributed by atoms with E-state index in [0.717, 1.165) is 23.2 Å². The molecule has 3 heteroatoms. The molecule has 0 unspecified atom stereocenters. The topological polar surface area (TPSA) is 9.23 Å². The number of halogens is 2. The molecule has 1 saturated carbocycles. The van der Waals surface area contributed by atoms with E-state index in [9.17, 15) is 4.39 Å². The molecule has 1 aromatic carbocycles. The second-order valence-corrected chi connectivity index (χ2v) is 5.52. The van der Waals surface area contributed by atoms with Gasteiger partial charge < -0.3 is 4.74 Å². The van der Waals surface area contributed by atoms with Gasteiger partial charge in [0.05, 0.1) is 6.10 Å². The molecule has 1 aliphatic carbocycles. The summed E-state index contributed by atoms with van der Waals surface area (Å²) in [5, 5.41) is 0.